The van der Waals surface area contributed by atoms with E-state index in [1.54, 1.807) is 24.3 Å². The van der Waals surface area contributed by atoms with Gasteiger partial charge in [-0.2, -0.15) is 0 Å². The molecule has 1 N–H and O–H groups in total. The number of nitrogens with one attached hydrogen (secondary N) is 1. The third kappa shape index (κ3) is 5.17. The van der Waals surface area contributed by atoms with Crippen molar-refractivity contribution in [1.29, 1.82) is 0 Å². The molecule has 0 spiro atoms. The lowest BCUT2D eigenvalue weighted by atomic mass is 10.1. The van der Waals surface area contributed by atoms with E-state index in [-0.39, 0.29) is 23.6 Å². The lowest BCUT2D eigenvalue weighted by Gasteiger charge is -2.17. The second kappa shape index (κ2) is 9.28. The maximum atomic E-state index is 12.3. The minimum Gasteiger partial charge on any atom is -0.457 e. The van der Waals surface area contributed by atoms with Crippen LogP contribution >= 0.6 is 23.2 Å². The van der Waals surface area contributed by atoms with Crippen molar-refractivity contribution in [3.63, 3.8) is 0 Å². The number of nitrogens with zero attached hydrogens (tertiary/aromatic N) is 1. The van der Waals surface area contributed by atoms with E-state index in [1.165, 1.54) is 18.2 Å². The highest BCUT2D eigenvalue weighted by atomic mass is 35.5. The van der Waals surface area contributed by atoms with Gasteiger partial charge in [-0.3, -0.25) is 29.6 Å². The molecule has 1 atom stereocenters. The fourth-order valence-electron chi connectivity index (χ4n) is 2.91. The molecular weight excluding hydrogens is 431 g/mol. The smallest absolute Gasteiger partial charge is 0.311 e. The number of halogens is 2. The summed E-state index contributed by atoms with van der Waals surface area (Å²) in [5.41, 5.74) is 4.07. The average Bonchev–Trinajstić information content (AvgIpc) is 3.06. The molecule has 2 aromatic carbocycles. The SMILES string of the molecule is Cc1ccc(C(=O)NN2C[C@H](C(=O)OCC(=O)c3ccc(Cl)cc3Cl)CC2=O)cc1. The molecule has 2 aromatic rings. The number of hydrazine groups is 1. The van der Waals surface area contributed by atoms with E-state index in [1.807, 2.05) is 6.92 Å². The predicted octanol–water partition coefficient (Wildman–Crippen LogP) is 3.22. The topological polar surface area (TPSA) is 92.8 Å². The Hall–Kier alpha value is -2.90. The van der Waals surface area contributed by atoms with Crippen LogP contribution in [0.2, 0.25) is 10.0 Å². The standard InChI is InChI=1S/C21H18Cl2N2O5/c1-12-2-4-13(5-3-12)20(28)24-25-10-14(8-19(25)27)21(29)30-11-18(26)16-7-6-15(22)9-17(16)23/h2-7,9,14H,8,10-11H2,1H3,(H,24,28)/t14-/m1/s1. The van der Waals surface area contributed by atoms with Crippen LogP contribution in [-0.2, 0) is 14.3 Å². The van der Waals surface area contributed by atoms with Gasteiger partial charge in [0.2, 0.25) is 11.7 Å². The van der Waals surface area contributed by atoms with Crippen molar-refractivity contribution in [2.24, 2.45) is 5.92 Å². The Bertz CT molecular complexity index is 1010. The van der Waals surface area contributed by atoms with E-state index in [0.29, 0.717) is 10.6 Å². The van der Waals surface area contributed by atoms with Crippen LogP contribution in [0.4, 0.5) is 0 Å². The Morgan fingerprint density at radius 1 is 1.13 bits per heavy atom. The van der Waals surface area contributed by atoms with Gasteiger partial charge in [0.1, 0.15) is 0 Å². The monoisotopic (exact) mass is 448 g/mol. The molecule has 1 fully saturated rings. The highest BCUT2D eigenvalue weighted by molar-refractivity contribution is 6.36. The first-order valence-electron chi connectivity index (χ1n) is 9.07. The minimum atomic E-state index is -0.788. The van der Waals surface area contributed by atoms with Crippen LogP contribution in [-0.4, -0.2) is 41.7 Å². The highest BCUT2D eigenvalue weighted by Crippen LogP contribution is 2.22. The van der Waals surface area contributed by atoms with Crippen LogP contribution in [0, 0.1) is 12.8 Å². The Balaban J connectivity index is 1.53. The van der Waals surface area contributed by atoms with E-state index in [4.69, 9.17) is 27.9 Å². The van der Waals surface area contributed by atoms with E-state index < -0.39 is 36.1 Å². The van der Waals surface area contributed by atoms with Gasteiger partial charge >= 0.3 is 5.97 Å². The average molecular weight is 449 g/mol. The van der Waals surface area contributed by atoms with Crippen molar-refractivity contribution < 1.29 is 23.9 Å². The predicted molar refractivity (Wildman–Crippen MR) is 110 cm³/mol. The van der Waals surface area contributed by atoms with E-state index >= 15 is 0 Å². The largest absolute Gasteiger partial charge is 0.457 e. The van der Waals surface area contributed by atoms with Crippen molar-refractivity contribution >= 4 is 46.8 Å². The summed E-state index contributed by atoms with van der Waals surface area (Å²) in [6.45, 7) is 1.35. The molecule has 2 amide bonds. The summed E-state index contributed by atoms with van der Waals surface area (Å²) >= 11 is 11.8. The summed E-state index contributed by atoms with van der Waals surface area (Å²) in [5, 5.41) is 1.63. The molecule has 1 aliphatic rings. The summed E-state index contributed by atoms with van der Waals surface area (Å²) in [7, 11) is 0. The van der Waals surface area contributed by atoms with Crippen molar-refractivity contribution in [1.82, 2.24) is 10.4 Å². The number of carbonyl (C=O) groups excluding carboxylic acids is 4. The molecule has 1 aliphatic heterocycles. The molecule has 1 saturated heterocycles. The third-order valence-corrected chi connectivity index (χ3v) is 5.13. The van der Waals surface area contributed by atoms with Gasteiger partial charge in [-0.15, -0.1) is 0 Å². The maximum Gasteiger partial charge on any atom is 0.311 e. The van der Waals surface area contributed by atoms with Gasteiger partial charge < -0.3 is 4.74 Å². The molecule has 0 bridgehead atoms. The second-order valence-corrected chi connectivity index (χ2v) is 7.71. The zero-order chi connectivity index (χ0) is 21.8. The third-order valence-electron chi connectivity index (χ3n) is 4.59. The van der Waals surface area contributed by atoms with Crippen molar-refractivity contribution in [2.45, 2.75) is 13.3 Å². The van der Waals surface area contributed by atoms with Crippen LogP contribution in [0.5, 0.6) is 0 Å². The summed E-state index contributed by atoms with van der Waals surface area (Å²) < 4.78 is 5.06. The van der Waals surface area contributed by atoms with E-state index in [0.717, 1.165) is 10.6 Å². The van der Waals surface area contributed by atoms with Crippen molar-refractivity contribution in [2.75, 3.05) is 13.2 Å². The number of hydrogen-bond donors (Lipinski definition) is 1. The van der Waals surface area contributed by atoms with Gasteiger partial charge in [0.15, 0.2) is 6.61 Å². The van der Waals surface area contributed by atoms with Crippen LogP contribution in [0.1, 0.15) is 32.7 Å². The first-order valence-corrected chi connectivity index (χ1v) is 9.83. The Kier molecular flexibility index (Phi) is 6.74. The van der Waals surface area contributed by atoms with Gasteiger partial charge in [0, 0.05) is 22.6 Å². The fraction of sp³-hybridized carbons (Fsp3) is 0.238. The number of ether oxygens (including phenoxy) is 1. The number of Topliss-reactive ketones (excluding diaryl/α,β-unsaturated/α-hetero) is 1. The molecule has 0 aliphatic carbocycles. The minimum absolute atomic E-state index is 0.0365. The molecular formula is C21H18Cl2N2O5. The molecule has 9 heteroatoms. The highest BCUT2D eigenvalue weighted by Gasteiger charge is 2.36. The fourth-order valence-corrected chi connectivity index (χ4v) is 3.43. The number of aryl methyl sites for hydroxylation is 1. The Labute approximate surface area is 182 Å². The van der Waals surface area contributed by atoms with Gasteiger partial charge in [0.05, 0.1) is 17.5 Å². The first-order chi connectivity index (χ1) is 14.2. The van der Waals surface area contributed by atoms with E-state index in [9.17, 15) is 19.2 Å². The normalized spacial score (nSPS) is 15.8. The van der Waals surface area contributed by atoms with Crippen LogP contribution in [0.3, 0.4) is 0 Å². The molecule has 0 aromatic heterocycles. The van der Waals surface area contributed by atoms with Crippen molar-refractivity contribution in [3.05, 3.63) is 69.2 Å². The number of ketones is 1. The first kappa shape index (κ1) is 21.8. The Morgan fingerprint density at radius 2 is 1.83 bits per heavy atom. The van der Waals surface area contributed by atoms with Gasteiger partial charge in [0.25, 0.3) is 5.91 Å². The van der Waals surface area contributed by atoms with Gasteiger partial charge in [-0.25, -0.2) is 0 Å². The van der Waals surface area contributed by atoms with Crippen LogP contribution < -0.4 is 5.43 Å². The lowest BCUT2D eigenvalue weighted by molar-refractivity contribution is -0.147. The van der Waals surface area contributed by atoms with Gasteiger partial charge in [-0.1, -0.05) is 40.9 Å². The second-order valence-electron chi connectivity index (χ2n) is 6.87. The Morgan fingerprint density at radius 3 is 2.50 bits per heavy atom. The van der Waals surface area contributed by atoms with Gasteiger partial charge in [-0.05, 0) is 37.3 Å². The summed E-state index contributed by atoms with van der Waals surface area (Å²) in [4.78, 5) is 48.9. The molecule has 156 valence electrons. The lowest BCUT2D eigenvalue weighted by Crippen LogP contribution is -2.43. The number of rotatable bonds is 6. The zero-order valence-corrected chi connectivity index (χ0v) is 17.5. The zero-order valence-electron chi connectivity index (χ0n) is 16.0. The summed E-state index contributed by atoms with van der Waals surface area (Å²) in [5.74, 6) is -2.84. The molecule has 0 unspecified atom stereocenters. The number of hydrogen-bond acceptors (Lipinski definition) is 5. The van der Waals surface area contributed by atoms with Crippen LogP contribution in [0.15, 0.2) is 42.5 Å². The molecule has 7 nitrogen and oxygen atoms in total. The number of benzene rings is 2. The van der Waals surface area contributed by atoms with Crippen LogP contribution in [0.25, 0.3) is 0 Å². The molecule has 0 saturated carbocycles. The molecule has 1 heterocycles. The number of amides is 2. The molecule has 30 heavy (non-hydrogen) atoms. The maximum absolute atomic E-state index is 12.3. The van der Waals surface area contributed by atoms with E-state index in [2.05, 4.69) is 5.43 Å². The molecule has 0 radical (unpaired) electrons. The number of esters is 1. The molecule has 3 rings (SSSR count). The van der Waals surface area contributed by atoms with Crippen molar-refractivity contribution in [3.8, 4) is 0 Å². The quantitative estimate of drug-likeness (QED) is 0.540. The summed E-state index contributed by atoms with van der Waals surface area (Å²) in [6.07, 6.45) is -0.122. The summed E-state index contributed by atoms with van der Waals surface area (Å²) in [6, 6.07) is 11.2. The number of carbonyl (C=O) groups is 4.